The van der Waals surface area contributed by atoms with E-state index in [1.165, 1.54) is 0 Å². The number of rotatable bonds is 6. The average molecular weight is 281 g/mol. The standard InChI is InChI=1S/C16H19N5/c1-3-8-18-15-12(2)16(21-11-20-15)19-10-14-6-4-13(9-17)5-7-14/h4-7,11H,3,8,10H2,1-2H3,(H2,18,19,20,21). The normalized spacial score (nSPS) is 9.95. The van der Waals surface area contributed by atoms with Gasteiger partial charge in [-0.3, -0.25) is 0 Å². The second-order valence-corrected chi connectivity index (χ2v) is 4.78. The van der Waals surface area contributed by atoms with E-state index in [0.29, 0.717) is 12.1 Å². The molecule has 0 unspecified atom stereocenters. The van der Waals surface area contributed by atoms with Crippen LogP contribution in [0.1, 0.15) is 30.0 Å². The smallest absolute Gasteiger partial charge is 0.134 e. The van der Waals surface area contributed by atoms with E-state index in [1.54, 1.807) is 6.33 Å². The zero-order valence-electron chi connectivity index (χ0n) is 12.3. The quantitative estimate of drug-likeness (QED) is 0.851. The van der Waals surface area contributed by atoms with E-state index in [4.69, 9.17) is 5.26 Å². The molecule has 5 nitrogen and oxygen atoms in total. The molecule has 1 aromatic carbocycles. The Morgan fingerprint density at radius 2 is 1.76 bits per heavy atom. The van der Waals surface area contributed by atoms with Crippen molar-refractivity contribution in [2.45, 2.75) is 26.8 Å². The zero-order chi connectivity index (χ0) is 15.1. The number of nitrogens with zero attached hydrogens (tertiary/aromatic N) is 3. The van der Waals surface area contributed by atoms with Crippen LogP contribution in [0.4, 0.5) is 11.6 Å². The SMILES string of the molecule is CCCNc1ncnc(NCc2ccc(C#N)cc2)c1C. The summed E-state index contributed by atoms with van der Waals surface area (Å²) in [5.74, 6) is 1.70. The van der Waals surface area contributed by atoms with Crippen LogP contribution in [0, 0.1) is 18.3 Å². The topological polar surface area (TPSA) is 73.6 Å². The van der Waals surface area contributed by atoms with Crippen molar-refractivity contribution in [2.24, 2.45) is 0 Å². The van der Waals surface area contributed by atoms with Gasteiger partial charge in [0.1, 0.15) is 18.0 Å². The summed E-state index contributed by atoms with van der Waals surface area (Å²) in [6.07, 6.45) is 2.61. The minimum Gasteiger partial charge on any atom is -0.370 e. The Bertz CT molecular complexity index is 628. The van der Waals surface area contributed by atoms with Crippen LogP contribution in [-0.2, 0) is 6.54 Å². The van der Waals surface area contributed by atoms with Crippen molar-refractivity contribution >= 4 is 11.6 Å². The summed E-state index contributed by atoms with van der Waals surface area (Å²) in [6.45, 7) is 5.68. The van der Waals surface area contributed by atoms with Crippen LogP contribution in [0.2, 0.25) is 0 Å². The third-order valence-corrected chi connectivity index (χ3v) is 3.17. The minimum atomic E-state index is 0.663. The Labute approximate surface area is 125 Å². The van der Waals surface area contributed by atoms with Crippen molar-refractivity contribution in [2.75, 3.05) is 17.2 Å². The van der Waals surface area contributed by atoms with E-state index < -0.39 is 0 Å². The molecule has 0 aliphatic carbocycles. The fourth-order valence-corrected chi connectivity index (χ4v) is 1.93. The lowest BCUT2D eigenvalue weighted by Gasteiger charge is -2.12. The van der Waals surface area contributed by atoms with Crippen LogP contribution in [-0.4, -0.2) is 16.5 Å². The fourth-order valence-electron chi connectivity index (χ4n) is 1.93. The molecule has 2 rings (SSSR count). The van der Waals surface area contributed by atoms with E-state index in [9.17, 15) is 0 Å². The molecule has 0 bridgehead atoms. The molecule has 0 radical (unpaired) electrons. The predicted octanol–water partition coefficient (Wildman–Crippen LogP) is 3.09. The van der Waals surface area contributed by atoms with Gasteiger partial charge in [-0.15, -0.1) is 0 Å². The number of anilines is 2. The molecule has 108 valence electrons. The molecule has 21 heavy (non-hydrogen) atoms. The molecule has 0 saturated heterocycles. The lowest BCUT2D eigenvalue weighted by atomic mass is 10.1. The third-order valence-electron chi connectivity index (χ3n) is 3.17. The number of aromatic nitrogens is 2. The van der Waals surface area contributed by atoms with E-state index in [2.05, 4.69) is 33.6 Å². The summed E-state index contributed by atoms with van der Waals surface area (Å²) in [7, 11) is 0. The highest BCUT2D eigenvalue weighted by atomic mass is 15.1. The second-order valence-electron chi connectivity index (χ2n) is 4.78. The summed E-state index contributed by atoms with van der Waals surface area (Å²) in [4.78, 5) is 8.54. The Hall–Kier alpha value is -2.61. The summed E-state index contributed by atoms with van der Waals surface area (Å²) >= 11 is 0. The first-order valence-corrected chi connectivity index (χ1v) is 7.03. The van der Waals surface area contributed by atoms with Crippen LogP contribution < -0.4 is 10.6 Å². The van der Waals surface area contributed by atoms with E-state index in [1.807, 2.05) is 31.2 Å². The van der Waals surface area contributed by atoms with Crippen LogP contribution in [0.25, 0.3) is 0 Å². The van der Waals surface area contributed by atoms with Gasteiger partial charge in [0.15, 0.2) is 0 Å². The van der Waals surface area contributed by atoms with Crippen molar-refractivity contribution < 1.29 is 0 Å². The molecule has 5 heteroatoms. The lowest BCUT2D eigenvalue weighted by molar-refractivity contribution is 0.957. The number of nitrogens with one attached hydrogen (secondary N) is 2. The van der Waals surface area contributed by atoms with E-state index in [-0.39, 0.29) is 0 Å². The number of hydrogen-bond acceptors (Lipinski definition) is 5. The first kappa shape index (κ1) is 14.8. The van der Waals surface area contributed by atoms with E-state index in [0.717, 1.165) is 35.7 Å². The highest BCUT2D eigenvalue weighted by molar-refractivity contribution is 5.56. The molecular weight excluding hydrogens is 262 g/mol. The minimum absolute atomic E-state index is 0.663. The van der Waals surface area contributed by atoms with Gasteiger partial charge in [-0.05, 0) is 31.0 Å². The molecule has 0 amide bonds. The Morgan fingerprint density at radius 1 is 1.10 bits per heavy atom. The van der Waals surface area contributed by atoms with Gasteiger partial charge in [-0.25, -0.2) is 9.97 Å². The summed E-state index contributed by atoms with van der Waals surface area (Å²) in [5.41, 5.74) is 2.79. The molecular formula is C16H19N5. The van der Waals surface area contributed by atoms with Crippen molar-refractivity contribution in [1.82, 2.24) is 9.97 Å². The predicted molar refractivity (Wildman–Crippen MR) is 84.0 cm³/mol. The molecule has 0 aliphatic rings. The van der Waals surface area contributed by atoms with Crippen molar-refractivity contribution in [3.8, 4) is 6.07 Å². The van der Waals surface area contributed by atoms with Crippen molar-refractivity contribution in [1.29, 1.82) is 5.26 Å². The monoisotopic (exact) mass is 281 g/mol. The molecule has 0 fully saturated rings. The molecule has 2 N–H and O–H groups in total. The largest absolute Gasteiger partial charge is 0.370 e. The molecule has 0 atom stereocenters. The van der Waals surface area contributed by atoms with Gasteiger partial charge in [0.2, 0.25) is 0 Å². The van der Waals surface area contributed by atoms with Crippen LogP contribution in [0.15, 0.2) is 30.6 Å². The zero-order valence-corrected chi connectivity index (χ0v) is 12.3. The molecule has 2 aromatic rings. The van der Waals surface area contributed by atoms with Gasteiger partial charge in [0.05, 0.1) is 11.6 Å². The Morgan fingerprint density at radius 3 is 2.38 bits per heavy atom. The highest BCUT2D eigenvalue weighted by Gasteiger charge is 2.06. The number of nitriles is 1. The Balaban J connectivity index is 2.03. The first-order valence-electron chi connectivity index (χ1n) is 7.03. The highest BCUT2D eigenvalue weighted by Crippen LogP contribution is 2.18. The molecule has 0 aliphatic heterocycles. The maximum atomic E-state index is 8.78. The van der Waals surface area contributed by atoms with Gasteiger partial charge in [0, 0.05) is 18.7 Å². The number of hydrogen-bond donors (Lipinski definition) is 2. The van der Waals surface area contributed by atoms with Crippen LogP contribution >= 0.6 is 0 Å². The molecule has 0 saturated carbocycles. The first-order chi connectivity index (χ1) is 10.2. The second kappa shape index (κ2) is 7.25. The van der Waals surface area contributed by atoms with Gasteiger partial charge >= 0.3 is 0 Å². The van der Waals surface area contributed by atoms with Crippen molar-refractivity contribution in [3.05, 3.63) is 47.3 Å². The van der Waals surface area contributed by atoms with Crippen molar-refractivity contribution in [3.63, 3.8) is 0 Å². The summed E-state index contributed by atoms with van der Waals surface area (Å²) < 4.78 is 0. The van der Waals surface area contributed by atoms with E-state index >= 15 is 0 Å². The van der Waals surface area contributed by atoms with Crippen LogP contribution in [0.3, 0.4) is 0 Å². The average Bonchev–Trinajstić information content (AvgIpc) is 2.53. The van der Waals surface area contributed by atoms with Gasteiger partial charge in [0.25, 0.3) is 0 Å². The lowest BCUT2D eigenvalue weighted by Crippen LogP contribution is -2.08. The maximum absolute atomic E-state index is 8.78. The Kier molecular flexibility index (Phi) is 5.10. The summed E-state index contributed by atoms with van der Waals surface area (Å²) in [6, 6.07) is 9.64. The maximum Gasteiger partial charge on any atom is 0.134 e. The molecule has 1 heterocycles. The van der Waals surface area contributed by atoms with Gasteiger partial charge in [-0.2, -0.15) is 5.26 Å². The summed E-state index contributed by atoms with van der Waals surface area (Å²) in [5, 5.41) is 15.4. The molecule has 1 aromatic heterocycles. The fraction of sp³-hybridized carbons (Fsp3) is 0.312. The van der Waals surface area contributed by atoms with Gasteiger partial charge in [-0.1, -0.05) is 19.1 Å². The number of benzene rings is 1. The van der Waals surface area contributed by atoms with Crippen LogP contribution in [0.5, 0.6) is 0 Å². The van der Waals surface area contributed by atoms with Gasteiger partial charge < -0.3 is 10.6 Å². The third kappa shape index (κ3) is 3.93. The molecule has 0 spiro atoms.